The number of hydrogen-bond acceptors (Lipinski definition) is 4. The summed E-state index contributed by atoms with van der Waals surface area (Å²) >= 11 is 6.08. The maximum absolute atomic E-state index is 12.3. The molecule has 0 aliphatic heterocycles. The fraction of sp³-hybridized carbons (Fsp3) is 0.125. The van der Waals surface area contributed by atoms with E-state index in [1.807, 2.05) is 29.9 Å². The molecule has 0 bridgehead atoms. The Bertz CT molecular complexity index is 835. The molecule has 122 valence electrons. The number of aryl methyl sites for hydroxylation is 1. The van der Waals surface area contributed by atoms with Gasteiger partial charge in [-0.2, -0.15) is 0 Å². The lowest BCUT2D eigenvalue weighted by Gasteiger charge is -2.19. The third kappa shape index (κ3) is 3.69. The van der Waals surface area contributed by atoms with Crippen LogP contribution in [0.5, 0.6) is 0 Å². The average molecular weight is 343 g/mol. The van der Waals surface area contributed by atoms with Crippen molar-refractivity contribution in [2.45, 2.75) is 6.04 Å². The fourth-order valence-electron chi connectivity index (χ4n) is 2.29. The van der Waals surface area contributed by atoms with Gasteiger partial charge in [-0.1, -0.05) is 23.7 Å². The minimum atomic E-state index is -0.458. The monoisotopic (exact) mass is 342 g/mol. The molecule has 2 N–H and O–H groups in total. The van der Waals surface area contributed by atoms with E-state index < -0.39 is 12.1 Å². The Morgan fingerprint density at radius 3 is 2.79 bits per heavy atom. The van der Waals surface area contributed by atoms with Crippen LogP contribution in [0.3, 0.4) is 0 Å². The molecule has 0 spiro atoms. The fourth-order valence-corrected chi connectivity index (χ4v) is 2.48. The van der Waals surface area contributed by atoms with Gasteiger partial charge >= 0.3 is 6.03 Å². The van der Waals surface area contributed by atoms with Crippen molar-refractivity contribution >= 4 is 23.4 Å². The number of halogens is 1. The van der Waals surface area contributed by atoms with E-state index in [0.29, 0.717) is 16.7 Å². The van der Waals surface area contributed by atoms with Crippen LogP contribution >= 0.6 is 11.6 Å². The normalized spacial score (nSPS) is 11.8. The minimum absolute atomic E-state index is 0.361. The van der Waals surface area contributed by atoms with E-state index in [1.54, 1.807) is 18.3 Å². The summed E-state index contributed by atoms with van der Waals surface area (Å²) in [5.41, 5.74) is 0.825. The molecule has 3 rings (SSSR count). The molecule has 2 amide bonds. The van der Waals surface area contributed by atoms with Gasteiger partial charge in [0.05, 0.1) is 6.20 Å². The van der Waals surface area contributed by atoms with Gasteiger partial charge in [-0.05, 0) is 17.7 Å². The van der Waals surface area contributed by atoms with Gasteiger partial charge in [0.1, 0.15) is 11.9 Å². The molecule has 0 aliphatic carbocycles. The Hall–Kier alpha value is -2.93. The summed E-state index contributed by atoms with van der Waals surface area (Å²) in [7, 11) is 1.86. The molecule has 1 atom stereocenters. The summed E-state index contributed by atoms with van der Waals surface area (Å²) in [6, 6.07) is 6.41. The van der Waals surface area contributed by atoms with Crippen LogP contribution in [0.2, 0.25) is 5.02 Å². The van der Waals surface area contributed by atoms with Crippen LogP contribution in [0, 0.1) is 0 Å². The number of anilines is 1. The van der Waals surface area contributed by atoms with E-state index in [-0.39, 0.29) is 0 Å². The van der Waals surface area contributed by atoms with Crippen LogP contribution in [0.1, 0.15) is 17.4 Å². The van der Waals surface area contributed by atoms with Crippen molar-refractivity contribution in [3.63, 3.8) is 0 Å². The Morgan fingerprint density at radius 1 is 1.25 bits per heavy atom. The topological polar surface area (TPSA) is 84.7 Å². The quantitative estimate of drug-likeness (QED) is 0.763. The van der Waals surface area contributed by atoms with Crippen LogP contribution in [0.15, 0.2) is 55.2 Å². The van der Waals surface area contributed by atoms with Gasteiger partial charge < -0.3 is 9.88 Å². The standard InChI is InChI=1S/C16H15ClN6O/c1-23-8-7-20-15(23)14(11-3-2-4-12(17)9-11)22-16(24)21-13-10-18-5-6-19-13/h2-10,14H,1H3,(H2,19,21,22,24). The number of benzene rings is 1. The van der Waals surface area contributed by atoms with Gasteiger partial charge in [0.25, 0.3) is 0 Å². The Balaban J connectivity index is 1.85. The summed E-state index contributed by atoms with van der Waals surface area (Å²) in [6.07, 6.45) is 7.99. The van der Waals surface area contributed by atoms with Crippen molar-refractivity contribution in [2.75, 3.05) is 5.32 Å². The van der Waals surface area contributed by atoms with Crippen molar-refractivity contribution in [1.82, 2.24) is 24.8 Å². The number of carbonyl (C=O) groups excluding carboxylic acids is 1. The lowest BCUT2D eigenvalue weighted by atomic mass is 10.1. The van der Waals surface area contributed by atoms with E-state index >= 15 is 0 Å². The van der Waals surface area contributed by atoms with Gasteiger partial charge in [0, 0.05) is 36.9 Å². The van der Waals surface area contributed by atoms with E-state index in [2.05, 4.69) is 25.6 Å². The molecule has 0 saturated carbocycles. The smallest absolute Gasteiger partial charge is 0.321 e. The highest BCUT2D eigenvalue weighted by atomic mass is 35.5. The molecule has 2 heterocycles. The van der Waals surface area contributed by atoms with E-state index in [4.69, 9.17) is 11.6 Å². The molecular formula is C16H15ClN6O. The summed E-state index contributed by atoms with van der Waals surface area (Å²) in [5.74, 6) is 1.05. The predicted molar refractivity (Wildman–Crippen MR) is 90.7 cm³/mol. The summed E-state index contributed by atoms with van der Waals surface area (Å²) in [6.45, 7) is 0. The van der Waals surface area contributed by atoms with Gasteiger partial charge in [-0.3, -0.25) is 10.3 Å². The van der Waals surface area contributed by atoms with E-state index in [1.165, 1.54) is 18.6 Å². The first-order chi connectivity index (χ1) is 11.6. The van der Waals surface area contributed by atoms with Crippen molar-refractivity contribution in [3.05, 3.63) is 71.7 Å². The Labute approximate surface area is 143 Å². The molecule has 2 aromatic heterocycles. The molecule has 8 heteroatoms. The number of rotatable bonds is 4. The Kier molecular flexibility index (Phi) is 4.72. The largest absolute Gasteiger partial charge is 0.336 e. The molecular weight excluding hydrogens is 328 g/mol. The molecule has 3 aromatic rings. The lowest BCUT2D eigenvalue weighted by Crippen LogP contribution is -2.34. The second-order valence-electron chi connectivity index (χ2n) is 5.07. The van der Waals surface area contributed by atoms with Crippen molar-refractivity contribution in [2.24, 2.45) is 7.05 Å². The predicted octanol–water partition coefficient (Wildman–Crippen LogP) is 2.77. The third-order valence-corrected chi connectivity index (χ3v) is 3.61. The maximum atomic E-state index is 12.3. The molecule has 0 radical (unpaired) electrons. The van der Waals surface area contributed by atoms with Crippen LogP contribution < -0.4 is 10.6 Å². The maximum Gasteiger partial charge on any atom is 0.321 e. The zero-order valence-corrected chi connectivity index (χ0v) is 13.6. The number of carbonyl (C=O) groups is 1. The molecule has 0 fully saturated rings. The van der Waals surface area contributed by atoms with Crippen LogP contribution in [0.25, 0.3) is 0 Å². The summed E-state index contributed by atoms with van der Waals surface area (Å²) in [5, 5.41) is 6.12. The first-order valence-electron chi connectivity index (χ1n) is 7.19. The first kappa shape index (κ1) is 15.9. The highest BCUT2D eigenvalue weighted by Gasteiger charge is 2.21. The number of nitrogens with one attached hydrogen (secondary N) is 2. The van der Waals surface area contributed by atoms with Crippen molar-refractivity contribution in [1.29, 1.82) is 0 Å². The average Bonchev–Trinajstić information content (AvgIpc) is 2.99. The van der Waals surface area contributed by atoms with Gasteiger partial charge in [0.2, 0.25) is 0 Å². The van der Waals surface area contributed by atoms with Gasteiger partial charge in [0.15, 0.2) is 5.82 Å². The molecule has 0 aliphatic rings. The van der Waals surface area contributed by atoms with Gasteiger partial charge in [-0.25, -0.2) is 14.8 Å². The van der Waals surface area contributed by atoms with Crippen LogP contribution in [-0.4, -0.2) is 25.6 Å². The number of hydrogen-bond donors (Lipinski definition) is 2. The number of imidazole rings is 1. The first-order valence-corrected chi connectivity index (χ1v) is 7.57. The number of aromatic nitrogens is 4. The lowest BCUT2D eigenvalue weighted by molar-refractivity contribution is 0.249. The zero-order chi connectivity index (χ0) is 16.9. The highest BCUT2D eigenvalue weighted by molar-refractivity contribution is 6.30. The van der Waals surface area contributed by atoms with Crippen LogP contribution in [0.4, 0.5) is 10.6 Å². The zero-order valence-electron chi connectivity index (χ0n) is 12.8. The molecule has 24 heavy (non-hydrogen) atoms. The third-order valence-electron chi connectivity index (χ3n) is 3.38. The van der Waals surface area contributed by atoms with Crippen LogP contribution in [-0.2, 0) is 7.05 Å². The molecule has 0 saturated heterocycles. The molecule has 1 aromatic carbocycles. The minimum Gasteiger partial charge on any atom is -0.336 e. The van der Waals surface area contributed by atoms with E-state index in [9.17, 15) is 4.79 Å². The van der Waals surface area contributed by atoms with E-state index in [0.717, 1.165) is 5.56 Å². The second-order valence-corrected chi connectivity index (χ2v) is 5.51. The molecule has 1 unspecified atom stereocenters. The van der Waals surface area contributed by atoms with Gasteiger partial charge in [-0.15, -0.1) is 0 Å². The number of amides is 2. The van der Waals surface area contributed by atoms with Crippen molar-refractivity contribution in [3.8, 4) is 0 Å². The summed E-state index contributed by atoms with van der Waals surface area (Å²) in [4.78, 5) is 24.6. The summed E-state index contributed by atoms with van der Waals surface area (Å²) < 4.78 is 1.84. The Morgan fingerprint density at radius 2 is 2.12 bits per heavy atom. The SMILES string of the molecule is Cn1ccnc1C(NC(=O)Nc1cnccn1)c1cccc(Cl)c1. The second kappa shape index (κ2) is 7.10. The number of urea groups is 1. The molecule has 7 nitrogen and oxygen atoms in total. The number of nitrogens with zero attached hydrogens (tertiary/aromatic N) is 4. The van der Waals surface area contributed by atoms with Crippen molar-refractivity contribution < 1.29 is 4.79 Å². The highest BCUT2D eigenvalue weighted by Crippen LogP contribution is 2.23.